The van der Waals surface area contributed by atoms with Crippen LogP contribution in [0.4, 0.5) is 0 Å². The molecule has 3 nitrogen and oxygen atoms in total. The summed E-state index contributed by atoms with van der Waals surface area (Å²) >= 11 is 0. The summed E-state index contributed by atoms with van der Waals surface area (Å²) in [5, 5.41) is 9.23. The van der Waals surface area contributed by atoms with Crippen molar-refractivity contribution in [3.8, 4) is 0 Å². The Morgan fingerprint density at radius 2 is 1.65 bits per heavy atom. The van der Waals surface area contributed by atoms with Crippen molar-refractivity contribution in [3.05, 3.63) is 34.4 Å². The van der Waals surface area contributed by atoms with Crippen molar-refractivity contribution in [3.63, 3.8) is 0 Å². The summed E-state index contributed by atoms with van der Waals surface area (Å²) in [6, 6.07) is 3.58. The first-order valence-corrected chi connectivity index (χ1v) is 5.74. The number of carboxylic acids is 1. The zero-order valence-corrected chi connectivity index (χ0v) is 11.2. The molecule has 0 spiro atoms. The first-order valence-electron chi connectivity index (χ1n) is 5.74. The van der Waals surface area contributed by atoms with Crippen LogP contribution in [-0.4, -0.2) is 11.1 Å². The molecule has 1 aromatic carbocycles. The van der Waals surface area contributed by atoms with Crippen LogP contribution in [0, 0.1) is 26.2 Å². The van der Waals surface area contributed by atoms with E-state index in [-0.39, 0.29) is 0 Å². The van der Waals surface area contributed by atoms with E-state index in [0.717, 1.165) is 16.7 Å². The topological polar surface area (TPSA) is 63.3 Å². The van der Waals surface area contributed by atoms with Crippen molar-refractivity contribution in [1.29, 1.82) is 0 Å². The normalized spacial score (nSPS) is 13.5. The predicted molar refractivity (Wildman–Crippen MR) is 69.0 cm³/mol. The van der Waals surface area contributed by atoms with Gasteiger partial charge in [-0.05, 0) is 51.3 Å². The SMILES string of the molecule is Cc1cc(C)c(C(N)C(C)(C)C(=O)O)c(C)c1. The fourth-order valence-electron chi connectivity index (χ4n) is 2.18. The summed E-state index contributed by atoms with van der Waals surface area (Å²) in [6.45, 7) is 9.31. The van der Waals surface area contributed by atoms with Gasteiger partial charge >= 0.3 is 5.97 Å². The van der Waals surface area contributed by atoms with Crippen LogP contribution in [0.2, 0.25) is 0 Å². The Balaban J connectivity index is 3.31. The van der Waals surface area contributed by atoms with E-state index in [0.29, 0.717) is 0 Å². The second-order valence-electron chi connectivity index (χ2n) is 5.32. The molecule has 0 bridgehead atoms. The minimum Gasteiger partial charge on any atom is -0.481 e. The third-order valence-electron chi connectivity index (χ3n) is 3.38. The molecule has 1 atom stereocenters. The zero-order valence-electron chi connectivity index (χ0n) is 11.2. The Hall–Kier alpha value is -1.35. The van der Waals surface area contributed by atoms with E-state index in [1.165, 1.54) is 5.56 Å². The number of hydrogen-bond acceptors (Lipinski definition) is 2. The number of hydrogen-bond donors (Lipinski definition) is 2. The van der Waals surface area contributed by atoms with Crippen LogP contribution in [0.3, 0.4) is 0 Å². The second kappa shape index (κ2) is 4.49. The molecule has 0 aliphatic carbocycles. The summed E-state index contributed by atoms with van der Waals surface area (Å²) < 4.78 is 0. The zero-order chi connectivity index (χ0) is 13.4. The molecule has 0 radical (unpaired) electrons. The van der Waals surface area contributed by atoms with Gasteiger partial charge in [-0.15, -0.1) is 0 Å². The lowest BCUT2D eigenvalue weighted by Gasteiger charge is -2.30. The van der Waals surface area contributed by atoms with E-state index in [1.807, 2.05) is 32.9 Å². The van der Waals surface area contributed by atoms with Crippen LogP contribution in [0.5, 0.6) is 0 Å². The third kappa shape index (κ3) is 2.50. The van der Waals surface area contributed by atoms with Crippen molar-refractivity contribution < 1.29 is 9.90 Å². The van der Waals surface area contributed by atoms with E-state index in [4.69, 9.17) is 5.73 Å². The Bertz CT molecular complexity index is 427. The summed E-state index contributed by atoms with van der Waals surface area (Å²) in [7, 11) is 0. The molecule has 0 aromatic heterocycles. The van der Waals surface area contributed by atoms with Gasteiger partial charge in [0.1, 0.15) is 0 Å². The highest BCUT2D eigenvalue weighted by Gasteiger charge is 2.36. The molecule has 0 amide bonds. The summed E-state index contributed by atoms with van der Waals surface area (Å²) in [4.78, 5) is 11.2. The smallest absolute Gasteiger partial charge is 0.311 e. The van der Waals surface area contributed by atoms with Crippen LogP contribution in [-0.2, 0) is 4.79 Å². The van der Waals surface area contributed by atoms with Crippen molar-refractivity contribution in [2.45, 2.75) is 40.7 Å². The van der Waals surface area contributed by atoms with E-state index < -0.39 is 17.4 Å². The first kappa shape index (κ1) is 13.7. The molecule has 0 saturated heterocycles. The fraction of sp³-hybridized carbons (Fsp3) is 0.500. The number of rotatable bonds is 3. The van der Waals surface area contributed by atoms with E-state index in [2.05, 4.69) is 0 Å². The van der Waals surface area contributed by atoms with Gasteiger partial charge in [0.05, 0.1) is 5.41 Å². The van der Waals surface area contributed by atoms with Crippen molar-refractivity contribution in [2.75, 3.05) is 0 Å². The van der Waals surface area contributed by atoms with Gasteiger partial charge in [0.15, 0.2) is 0 Å². The van der Waals surface area contributed by atoms with Gasteiger partial charge in [-0.2, -0.15) is 0 Å². The Labute approximate surface area is 103 Å². The van der Waals surface area contributed by atoms with Crippen LogP contribution < -0.4 is 5.73 Å². The predicted octanol–water partition coefficient (Wildman–Crippen LogP) is 2.72. The number of benzene rings is 1. The molecule has 0 aliphatic rings. The first-order chi connectivity index (χ1) is 7.67. The molecule has 0 fully saturated rings. The molecule has 0 saturated carbocycles. The molecular formula is C14H21NO2. The van der Waals surface area contributed by atoms with Gasteiger partial charge in [-0.1, -0.05) is 17.7 Å². The quantitative estimate of drug-likeness (QED) is 0.846. The minimum atomic E-state index is -0.967. The molecule has 94 valence electrons. The average molecular weight is 235 g/mol. The number of carboxylic acid groups (broad SMARTS) is 1. The number of nitrogens with two attached hydrogens (primary N) is 1. The maximum Gasteiger partial charge on any atom is 0.311 e. The van der Waals surface area contributed by atoms with Crippen molar-refractivity contribution in [2.24, 2.45) is 11.1 Å². The summed E-state index contributed by atoms with van der Waals surface area (Å²) in [5.74, 6) is -0.871. The van der Waals surface area contributed by atoms with Gasteiger partial charge in [-0.3, -0.25) is 4.79 Å². The highest BCUT2D eigenvalue weighted by atomic mass is 16.4. The molecular weight excluding hydrogens is 214 g/mol. The van der Waals surface area contributed by atoms with Crippen LogP contribution >= 0.6 is 0 Å². The van der Waals surface area contributed by atoms with Crippen molar-refractivity contribution in [1.82, 2.24) is 0 Å². The fourth-order valence-corrected chi connectivity index (χ4v) is 2.18. The summed E-state index contributed by atoms with van der Waals surface area (Å²) in [5.41, 5.74) is 9.41. The van der Waals surface area contributed by atoms with E-state index >= 15 is 0 Å². The van der Waals surface area contributed by atoms with E-state index in [1.54, 1.807) is 13.8 Å². The molecule has 3 heteroatoms. The molecule has 1 rings (SSSR count). The molecule has 1 unspecified atom stereocenters. The molecule has 0 heterocycles. The lowest BCUT2D eigenvalue weighted by molar-refractivity contribution is -0.148. The molecule has 3 N–H and O–H groups in total. The number of carbonyl (C=O) groups is 1. The third-order valence-corrected chi connectivity index (χ3v) is 3.38. The van der Waals surface area contributed by atoms with Crippen LogP contribution in [0.25, 0.3) is 0 Å². The number of aliphatic carboxylic acids is 1. The lowest BCUT2D eigenvalue weighted by Crippen LogP contribution is -2.37. The van der Waals surface area contributed by atoms with Gasteiger partial charge < -0.3 is 10.8 Å². The second-order valence-corrected chi connectivity index (χ2v) is 5.32. The van der Waals surface area contributed by atoms with Gasteiger partial charge in [-0.25, -0.2) is 0 Å². The maximum atomic E-state index is 11.2. The Kier molecular flexibility index (Phi) is 3.62. The van der Waals surface area contributed by atoms with Crippen LogP contribution in [0.15, 0.2) is 12.1 Å². The molecule has 17 heavy (non-hydrogen) atoms. The largest absolute Gasteiger partial charge is 0.481 e. The number of aryl methyl sites for hydroxylation is 3. The van der Waals surface area contributed by atoms with Gasteiger partial charge in [0.25, 0.3) is 0 Å². The monoisotopic (exact) mass is 235 g/mol. The van der Waals surface area contributed by atoms with Gasteiger partial charge in [0.2, 0.25) is 0 Å². The Morgan fingerprint density at radius 3 is 2.00 bits per heavy atom. The van der Waals surface area contributed by atoms with Gasteiger partial charge in [0, 0.05) is 6.04 Å². The molecule has 0 aliphatic heterocycles. The summed E-state index contributed by atoms with van der Waals surface area (Å²) in [6.07, 6.45) is 0. The lowest BCUT2D eigenvalue weighted by atomic mass is 9.78. The minimum absolute atomic E-state index is 0.499. The Morgan fingerprint density at radius 1 is 1.24 bits per heavy atom. The standard InChI is InChI=1S/C14H21NO2/c1-8-6-9(2)11(10(3)7-8)12(15)14(4,5)13(16)17/h6-7,12H,15H2,1-5H3,(H,16,17). The molecule has 1 aromatic rings. The van der Waals surface area contributed by atoms with Crippen LogP contribution in [0.1, 0.15) is 42.1 Å². The van der Waals surface area contributed by atoms with Crippen molar-refractivity contribution >= 4 is 5.97 Å². The average Bonchev–Trinajstić information content (AvgIpc) is 2.15. The maximum absolute atomic E-state index is 11.2. The van der Waals surface area contributed by atoms with E-state index in [9.17, 15) is 9.90 Å². The highest BCUT2D eigenvalue weighted by Crippen LogP contribution is 2.35. The highest BCUT2D eigenvalue weighted by molar-refractivity contribution is 5.75.